The Balaban J connectivity index is 0.00000261. The lowest BCUT2D eigenvalue weighted by Gasteiger charge is -2.14. The van der Waals surface area contributed by atoms with Crippen LogP contribution >= 0.6 is 35.7 Å². The van der Waals surface area contributed by atoms with Gasteiger partial charge in [-0.1, -0.05) is 36.4 Å². The molecular formula is C21H25IN4S. The molecule has 0 bridgehead atoms. The van der Waals surface area contributed by atoms with Gasteiger partial charge in [-0.05, 0) is 42.0 Å². The third kappa shape index (κ3) is 5.59. The Bertz CT molecular complexity index is 922. The Morgan fingerprint density at radius 3 is 2.52 bits per heavy atom. The molecule has 6 heteroatoms. The Morgan fingerprint density at radius 2 is 1.78 bits per heavy atom. The maximum atomic E-state index is 4.51. The fraction of sp³-hybridized carbons (Fsp3) is 0.238. The number of hydrogen-bond acceptors (Lipinski definition) is 3. The van der Waals surface area contributed by atoms with E-state index in [4.69, 9.17) is 0 Å². The van der Waals surface area contributed by atoms with Crippen LogP contribution in [0.4, 0.5) is 0 Å². The third-order valence-corrected chi connectivity index (χ3v) is 5.09. The summed E-state index contributed by atoms with van der Waals surface area (Å²) in [6.07, 6.45) is 3.94. The number of thioether (sulfide) groups is 1. The maximum Gasteiger partial charge on any atom is 0.191 e. The second-order valence-corrected chi connectivity index (χ2v) is 6.93. The number of rotatable bonds is 5. The number of guanidine groups is 1. The van der Waals surface area contributed by atoms with Gasteiger partial charge in [0.2, 0.25) is 0 Å². The van der Waals surface area contributed by atoms with Crippen molar-refractivity contribution in [1.82, 2.24) is 15.6 Å². The van der Waals surface area contributed by atoms with E-state index in [1.807, 2.05) is 12.3 Å². The molecule has 0 unspecified atom stereocenters. The van der Waals surface area contributed by atoms with Crippen LogP contribution in [0.1, 0.15) is 16.7 Å². The van der Waals surface area contributed by atoms with Gasteiger partial charge in [0.15, 0.2) is 5.96 Å². The highest BCUT2D eigenvalue weighted by Crippen LogP contribution is 2.21. The molecular weight excluding hydrogens is 467 g/mol. The van der Waals surface area contributed by atoms with Crippen molar-refractivity contribution in [3.05, 3.63) is 71.4 Å². The molecule has 2 N–H and O–H groups in total. The molecule has 0 aliphatic carbocycles. The maximum absolute atomic E-state index is 4.51. The van der Waals surface area contributed by atoms with Crippen LogP contribution in [-0.2, 0) is 13.1 Å². The van der Waals surface area contributed by atoms with Crippen molar-refractivity contribution in [3.8, 4) is 0 Å². The summed E-state index contributed by atoms with van der Waals surface area (Å²) in [5, 5.41) is 7.94. The molecule has 1 heterocycles. The monoisotopic (exact) mass is 492 g/mol. The van der Waals surface area contributed by atoms with Gasteiger partial charge < -0.3 is 10.6 Å². The van der Waals surface area contributed by atoms with E-state index in [9.17, 15) is 0 Å². The topological polar surface area (TPSA) is 49.3 Å². The molecule has 0 aliphatic rings. The average Bonchev–Trinajstić information content (AvgIpc) is 2.68. The van der Waals surface area contributed by atoms with Gasteiger partial charge >= 0.3 is 0 Å². The van der Waals surface area contributed by atoms with Crippen molar-refractivity contribution < 1.29 is 0 Å². The molecule has 0 saturated heterocycles. The first-order valence-electron chi connectivity index (χ1n) is 8.62. The number of halogens is 1. The van der Waals surface area contributed by atoms with E-state index in [0.29, 0.717) is 6.54 Å². The second-order valence-electron chi connectivity index (χ2n) is 6.09. The summed E-state index contributed by atoms with van der Waals surface area (Å²) in [7, 11) is 1.79. The van der Waals surface area contributed by atoms with Gasteiger partial charge in [0.25, 0.3) is 0 Å². The molecule has 2 aromatic carbocycles. The minimum atomic E-state index is 0. The Hall–Kier alpha value is -1.80. The van der Waals surface area contributed by atoms with Gasteiger partial charge in [0, 0.05) is 36.6 Å². The largest absolute Gasteiger partial charge is 0.352 e. The number of nitrogens with zero attached hydrogens (tertiary/aromatic N) is 2. The van der Waals surface area contributed by atoms with Crippen LogP contribution in [0.3, 0.4) is 0 Å². The van der Waals surface area contributed by atoms with Crippen molar-refractivity contribution in [2.45, 2.75) is 24.9 Å². The number of aromatic nitrogens is 1. The van der Waals surface area contributed by atoms with Crippen molar-refractivity contribution in [1.29, 1.82) is 0 Å². The van der Waals surface area contributed by atoms with Gasteiger partial charge in [0.1, 0.15) is 0 Å². The number of aryl methyl sites for hydroxylation is 1. The standard InChI is InChI=1S/C21H24N4S.HI/c1-15-9-10-17(19(12-15)26-3)13-24-21(22-2)25-14-18-7-4-6-16-8-5-11-23-20(16)18;/h4-12H,13-14H2,1-3H3,(H2,22,24,25);1H. The van der Waals surface area contributed by atoms with Crippen LogP contribution in [0.2, 0.25) is 0 Å². The molecule has 0 atom stereocenters. The van der Waals surface area contributed by atoms with Crippen molar-refractivity contribution in [2.24, 2.45) is 4.99 Å². The zero-order chi connectivity index (χ0) is 18.4. The highest BCUT2D eigenvalue weighted by molar-refractivity contribution is 14.0. The minimum absolute atomic E-state index is 0. The molecule has 3 aromatic rings. The van der Waals surface area contributed by atoms with E-state index in [1.165, 1.54) is 16.0 Å². The van der Waals surface area contributed by atoms with Crippen LogP contribution in [0.15, 0.2) is 64.6 Å². The summed E-state index contributed by atoms with van der Waals surface area (Å²) in [6, 6.07) is 16.8. The van der Waals surface area contributed by atoms with Crippen LogP contribution in [0.25, 0.3) is 10.9 Å². The molecule has 0 radical (unpaired) electrons. The van der Waals surface area contributed by atoms with Gasteiger partial charge in [-0.15, -0.1) is 35.7 Å². The zero-order valence-electron chi connectivity index (χ0n) is 15.8. The van der Waals surface area contributed by atoms with E-state index in [1.54, 1.807) is 18.8 Å². The SMILES string of the molecule is CN=C(NCc1ccc(C)cc1SC)NCc1cccc2cccnc12.I. The fourth-order valence-electron chi connectivity index (χ4n) is 2.89. The lowest BCUT2D eigenvalue weighted by Crippen LogP contribution is -2.36. The Morgan fingerprint density at radius 1 is 1.04 bits per heavy atom. The first kappa shape index (κ1) is 21.5. The van der Waals surface area contributed by atoms with Gasteiger partial charge in [-0.2, -0.15) is 0 Å². The third-order valence-electron chi connectivity index (χ3n) is 4.28. The molecule has 0 spiro atoms. The van der Waals surface area contributed by atoms with Crippen molar-refractivity contribution >= 4 is 52.6 Å². The number of para-hydroxylation sites is 1. The molecule has 1 aromatic heterocycles. The van der Waals surface area contributed by atoms with Crippen molar-refractivity contribution in [3.63, 3.8) is 0 Å². The average molecular weight is 492 g/mol. The summed E-state index contributed by atoms with van der Waals surface area (Å²) in [5.41, 5.74) is 4.74. The molecule has 4 nitrogen and oxygen atoms in total. The summed E-state index contributed by atoms with van der Waals surface area (Å²) in [4.78, 5) is 10.1. The van der Waals surface area contributed by atoms with Crippen LogP contribution in [-0.4, -0.2) is 24.2 Å². The molecule has 0 aliphatic heterocycles. The van der Waals surface area contributed by atoms with Crippen LogP contribution in [0, 0.1) is 6.92 Å². The van der Waals surface area contributed by atoms with E-state index >= 15 is 0 Å². The normalized spacial score (nSPS) is 11.1. The Labute approximate surface area is 182 Å². The van der Waals surface area contributed by atoms with Crippen LogP contribution in [0.5, 0.6) is 0 Å². The molecule has 0 saturated carbocycles. The number of nitrogens with one attached hydrogen (secondary N) is 2. The summed E-state index contributed by atoms with van der Waals surface area (Å²) < 4.78 is 0. The van der Waals surface area contributed by atoms with Gasteiger partial charge in [0.05, 0.1) is 5.52 Å². The fourth-order valence-corrected chi connectivity index (χ4v) is 3.59. The second kappa shape index (κ2) is 10.5. The first-order chi connectivity index (χ1) is 12.7. The van der Waals surface area contributed by atoms with E-state index < -0.39 is 0 Å². The number of pyridine rings is 1. The molecule has 27 heavy (non-hydrogen) atoms. The molecule has 3 rings (SSSR count). The predicted molar refractivity (Wildman–Crippen MR) is 127 cm³/mol. The highest BCUT2D eigenvalue weighted by atomic mass is 127. The number of fused-ring (bicyclic) bond motifs is 1. The minimum Gasteiger partial charge on any atom is -0.352 e. The zero-order valence-corrected chi connectivity index (χ0v) is 19.0. The van der Waals surface area contributed by atoms with Gasteiger partial charge in [-0.3, -0.25) is 9.98 Å². The van der Waals surface area contributed by atoms with E-state index in [-0.39, 0.29) is 24.0 Å². The molecule has 0 amide bonds. The van der Waals surface area contributed by atoms with E-state index in [2.05, 4.69) is 76.3 Å². The van der Waals surface area contributed by atoms with Gasteiger partial charge in [-0.25, -0.2) is 0 Å². The summed E-state index contributed by atoms with van der Waals surface area (Å²) >= 11 is 1.77. The smallest absolute Gasteiger partial charge is 0.191 e. The van der Waals surface area contributed by atoms with E-state index in [0.717, 1.165) is 29.0 Å². The lowest BCUT2D eigenvalue weighted by atomic mass is 10.1. The highest BCUT2D eigenvalue weighted by Gasteiger charge is 2.06. The quantitative estimate of drug-likeness (QED) is 0.234. The summed E-state index contributed by atoms with van der Waals surface area (Å²) in [5.74, 6) is 0.783. The lowest BCUT2D eigenvalue weighted by molar-refractivity contribution is 0.803. The molecule has 142 valence electrons. The van der Waals surface area contributed by atoms with Crippen molar-refractivity contribution in [2.75, 3.05) is 13.3 Å². The summed E-state index contributed by atoms with van der Waals surface area (Å²) in [6.45, 7) is 3.54. The number of benzene rings is 2. The molecule has 0 fully saturated rings. The number of hydrogen-bond donors (Lipinski definition) is 2. The first-order valence-corrected chi connectivity index (χ1v) is 9.84. The Kier molecular flexibility index (Phi) is 8.37. The number of aliphatic imine (C=N–C) groups is 1. The van der Waals surface area contributed by atoms with Crippen LogP contribution < -0.4 is 10.6 Å². The predicted octanol–water partition coefficient (Wildman–Crippen LogP) is 4.75.